The maximum absolute atomic E-state index is 13.4. The molecule has 0 aliphatic rings. The van der Waals surface area contributed by atoms with Gasteiger partial charge in [-0.1, -0.05) is 192 Å². The lowest BCUT2D eigenvalue weighted by Crippen LogP contribution is -2.48. The van der Waals surface area contributed by atoms with E-state index in [2.05, 4.69) is 35.1 Å². The van der Waals surface area contributed by atoms with E-state index in [4.69, 9.17) is 38.9 Å². The third kappa shape index (κ3) is 51.4. The van der Waals surface area contributed by atoms with E-state index in [1.165, 1.54) is 142 Å². The van der Waals surface area contributed by atoms with Crippen molar-refractivity contribution in [2.24, 2.45) is 11.7 Å². The number of carbonyl (C=O) groups is 9. The van der Waals surface area contributed by atoms with E-state index in [1.54, 1.807) is 19.2 Å². The zero-order chi connectivity index (χ0) is 68.2. The van der Waals surface area contributed by atoms with Gasteiger partial charge in [0, 0.05) is 71.3 Å². The summed E-state index contributed by atoms with van der Waals surface area (Å²) in [7, 11) is 1.57. The molecule has 1 rings (SSSR count). The van der Waals surface area contributed by atoms with E-state index in [0.717, 1.165) is 48.3 Å². The van der Waals surface area contributed by atoms with Gasteiger partial charge in [0.15, 0.2) is 11.6 Å². The van der Waals surface area contributed by atoms with Gasteiger partial charge >= 0.3 is 5.97 Å². The Balaban J connectivity index is 2.60. The summed E-state index contributed by atoms with van der Waals surface area (Å²) >= 11 is 0. The lowest BCUT2D eigenvalue weighted by atomic mass is 10.1. The molecule has 1 unspecified atom stereocenters. The van der Waals surface area contributed by atoms with Crippen molar-refractivity contribution in [2.75, 3.05) is 99.4 Å². The first kappa shape index (κ1) is 85.4. The minimum atomic E-state index is -1.09. The molecule has 22 heteroatoms. The van der Waals surface area contributed by atoms with E-state index in [-0.39, 0.29) is 96.8 Å². The summed E-state index contributed by atoms with van der Waals surface area (Å²) in [5, 5.41) is 11.1. The van der Waals surface area contributed by atoms with Crippen molar-refractivity contribution >= 4 is 53.0 Å². The molecule has 1 aromatic carbocycles. The molecule has 6 amide bonds. The lowest BCUT2D eigenvalue weighted by molar-refractivity contribution is -0.148. The van der Waals surface area contributed by atoms with Crippen molar-refractivity contribution < 1.29 is 76.3 Å². The van der Waals surface area contributed by atoms with E-state index < -0.39 is 78.2 Å². The fraction of sp³-hybridized carbons (Fsp3) is 0.761. The average Bonchev–Trinajstić information content (AvgIpc) is 2.49. The first-order chi connectivity index (χ1) is 45.1. The van der Waals surface area contributed by atoms with Crippen LogP contribution in [0.3, 0.4) is 0 Å². The summed E-state index contributed by atoms with van der Waals surface area (Å²) in [6, 6.07) is 6.95. The Labute approximate surface area is 557 Å². The monoisotopic (exact) mass is 1310 g/mol. The smallest absolute Gasteiger partial charge is 0.306 e. The van der Waals surface area contributed by atoms with Gasteiger partial charge in [0.05, 0.1) is 71.4 Å². The molecule has 22 nitrogen and oxygen atoms in total. The maximum Gasteiger partial charge on any atom is 0.306 e. The van der Waals surface area contributed by atoms with Gasteiger partial charge in [0.2, 0.25) is 35.4 Å². The zero-order valence-electron chi connectivity index (χ0n) is 57.7. The van der Waals surface area contributed by atoms with Gasteiger partial charge in [-0.15, -0.1) is 0 Å². The largest absolute Gasteiger partial charge is 0.461 e. The summed E-state index contributed by atoms with van der Waals surface area (Å²) < 4.78 is 39.3. The third-order valence-electron chi connectivity index (χ3n) is 15.6. The molecule has 0 spiro atoms. The molecule has 93 heavy (non-hydrogen) atoms. The number of primary amides is 1. The van der Waals surface area contributed by atoms with E-state index >= 15 is 0 Å². The van der Waals surface area contributed by atoms with Crippen LogP contribution in [0, 0.1) is 5.92 Å². The zero-order valence-corrected chi connectivity index (χ0v) is 57.7. The molecule has 0 heterocycles. The van der Waals surface area contributed by atoms with Crippen molar-refractivity contribution in [1.82, 2.24) is 26.2 Å². The number of hydrogen-bond donors (Lipinski definition) is 5. The minimum absolute atomic E-state index is 0.0147. The van der Waals surface area contributed by atoms with Gasteiger partial charge in [0.1, 0.15) is 19.2 Å². The minimum Gasteiger partial charge on any atom is -0.461 e. The van der Waals surface area contributed by atoms with Gasteiger partial charge in [-0.3, -0.25) is 43.2 Å². The van der Waals surface area contributed by atoms with Crippen molar-refractivity contribution in [2.45, 2.75) is 245 Å². The van der Waals surface area contributed by atoms with Crippen molar-refractivity contribution in [3.05, 3.63) is 48.0 Å². The van der Waals surface area contributed by atoms with Crippen molar-refractivity contribution in [3.8, 4) is 0 Å². The van der Waals surface area contributed by atoms with Crippen LogP contribution in [0.4, 0.5) is 0 Å². The number of amides is 6. The SMILES string of the molecule is CCCCCCCCCCCCCCOCC(CNC(=O)CC[C@H](NC(=O)CCOCCOCCCC(=O)/C=C/C(=O)N(CC(N)=O)CC(=O)[C@H](C)NC(=O)[C@H](C)CC(=O)OCc1ccccc1)C(=O)NCCOCCOC)OCCCCCCCCCCCCCC. The van der Waals surface area contributed by atoms with Crippen LogP contribution in [0.1, 0.15) is 226 Å². The highest BCUT2D eigenvalue weighted by Gasteiger charge is 2.26. The van der Waals surface area contributed by atoms with E-state index in [0.29, 0.717) is 39.5 Å². The number of allylic oxidation sites excluding steroid dienone is 1. The summed E-state index contributed by atoms with van der Waals surface area (Å²) in [4.78, 5) is 116. The molecule has 0 saturated heterocycles. The van der Waals surface area contributed by atoms with E-state index in [9.17, 15) is 43.2 Å². The molecule has 0 saturated carbocycles. The summed E-state index contributed by atoms with van der Waals surface area (Å²) in [6.07, 6.45) is 31.9. The quantitative estimate of drug-likeness (QED) is 0.0230. The van der Waals surface area contributed by atoms with Crippen LogP contribution in [-0.4, -0.2) is 175 Å². The highest BCUT2D eigenvalue weighted by Crippen LogP contribution is 2.15. The van der Waals surface area contributed by atoms with E-state index in [1.807, 2.05) is 18.2 Å². The molecule has 6 N–H and O–H groups in total. The Morgan fingerprint density at radius 3 is 1.68 bits per heavy atom. The molecule has 0 radical (unpaired) electrons. The van der Waals surface area contributed by atoms with Crippen LogP contribution in [0.15, 0.2) is 42.5 Å². The molecule has 0 fully saturated rings. The summed E-state index contributed by atoms with van der Waals surface area (Å²) in [5.74, 6) is -5.94. The normalized spacial score (nSPS) is 12.6. The van der Waals surface area contributed by atoms with Crippen molar-refractivity contribution in [1.29, 1.82) is 0 Å². The first-order valence-corrected chi connectivity index (χ1v) is 35.2. The average molecular weight is 1320 g/mol. The number of nitrogens with zero attached hydrogens (tertiary/aromatic N) is 1. The van der Waals surface area contributed by atoms with Crippen LogP contribution in [0.2, 0.25) is 0 Å². The molecule has 0 aliphatic carbocycles. The molecule has 0 bridgehead atoms. The van der Waals surface area contributed by atoms with Crippen LogP contribution < -0.4 is 27.0 Å². The second kappa shape index (κ2) is 60.0. The number of hydrogen-bond acceptors (Lipinski definition) is 16. The predicted molar refractivity (Wildman–Crippen MR) is 361 cm³/mol. The molecule has 532 valence electrons. The first-order valence-electron chi connectivity index (χ1n) is 35.2. The number of esters is 1. The van der Waals surface area contributed by atoms with Gasteiger partial charge in [-0.25, -0.2) is 0 Å². The van der Waals surface area contributed by atoms with Gasteiger partial charge in [0.25, 0.3) is 0 Å². The maximum atomic E-state index is 13.4. The standard InChI is InChI=1S/C71H122N6O16/c1-6-8-10-12-14-16-18-20-22-24-26-31-43-91-57-62(92-45-32-27-25-23-21-19-17-15-13-11-9-7-2)53-74-66(81)39-38-63(71(86)73-42-47-90-49-48-87-5)76-67(82)41-46-89-51-50-88-44-33-36-61(78)37-40-68(83)77(55-65(72)80)54-64(79)59(4)75-70(85)58(3)52-69(84)93-56-60-34-29-28-30-35-60/h28-30,34-35,37,40,58-59,62-63H,6-27,31-33,36,38-39,41-57H2,1-5H3,(H2,72,80)(H,73,86)(H,74,81)(H,75,85)(H,76,82)/b40-37+/t58-,59+,62?,63+/m1/s1. The fourth-order valence-electron chi connectivity index (χ4n) is 9.85. The molecular weight excluding hydrogens is 1190 g/mol. The molecule has 1 aromatic rings. The lowest BCUT2D eigenvalue weighted by Gasteiger charge is -2.22. The number of rotatable bonds is 65. The predicted octanol–water partition coefficient (Wildman–Crippen LogP) is 9.44. The van der Waals surface area contributed by atoms with Gasteiger partial charge < -0.3 is 65.1 Å². The fourth-order valence-corrected chi connectivity index (χ4v) is 9.85. The number of Topliss-reactive ketones (excluding diaryl/α,β-unsaturated/α-hetero) is 1. The Kier molecular flexibility index (Phi) is 55.1. The topological polar surface area (TPSA) is 296 Å². The number of carbonyl (C=O) groups excluding carboxylic acids is 9. The molecular formula is C71H122N6O16. The Morgan fingerprint density at radius 1 is 0.538 bits per heavy atom. The van der Waals surface area contributed by atoms with Crippen LogP contribution in [0.25, 0.3) is 0 Å². The number of methoxy groups -OCH3 is 1. The second-order valence-electron chi connectivity index (χ2n) is 24.2. The highest BCUT2D eigenvalue weighted by molar-refractivity contribution is 6.01. The number of ketones is 2. The number of nitrogens with one attached hydrogen (secondary N) is 4. The van der Waals surface area contributed by atoms with Crippen LogP contribution >= 0.6 is 0 Å². The molecule has 0 aliphatic heterocycles. The van der Waals surface area contributed by atoms with Gasteiger partial charge in [-0.05, 0) is 44.2 Å². The third-order valence-corrected chi connectivity index (χ3v) is 15.6. The number of unbranched alkanes of at least 4 members (excludes halogenated alkanes) is 22. The number of nitrogens with two attached hydrogens (primary N) is 1. The Bertz CT molecular complexity index is 2170. The van der Waals surface area contributed by atoms with Crippen molar-refractivity contribution in [3.63, 3.8) is 0 Å². The Hall–Kier alpha value is -5.65. The van der Waals surface area contributed by atoms with Crippen LogP contribution in [-0.2, 0) is 82.9 Å². The molecule has 0 aromatic heterocycles. The van der Waals surface area contributed by atoms with Gasteiger partial charge in [-0.2, -0.15) is 0 Å². The number of ether oxygens (including phenoxy) is 7. The highest BCUT2D eigenvalue weighted by atomic mass is 16.5. The Morgan fingerprint density at radius 2 is 1.09 bits per heavy atom. The summed E-state index contributed by atoms with van der Waals surface area (Å²) in [6.45, 7) is 9.78. The summed E-state index contributed by atoms with van der Waals surface area (Å²) in [5.41, 5.74) is 6.13. The van der Waals surface area contributed by atoms with Crippen LogP contribution in [0.5, 0.6) is 0 Å². The molecule has 4 atom stereocenters. The number of benzene rings is 1. The second-order valence-corrected chi connectivity index (χ2v) is 24.2.